The molecule has 1 aliphatic heterocycles. The Balaban J connectivity index is 2.52. The third kappa shape index (κ3) is 2.94. The third-order valence-corrected chi connectivity index (χ3v) is 3.10. The Bertz CT molecular complexity index is 163. The lowest BCUT2D eigenvalue weighted by atomic mass is 10.1. The predicted molar refractivity (Wildman–Crippen MR) is 59.3 cm³/mol. The molecule has 0 amide bonds. The Morgan fingerprint density at radius 1 is 1.50 bits per heavy atom. The summed E-state index contributed by atoms with van der Waals surface area (Å²) in [6.45, 7) is 9.34. The van der Waals surface area contributed by atoms with Crippen LogP contribution in [0.25, 0.3) is 0 Å². The van der Waals surface area contributed by atoms with Crippen molar-refractivity contribution < 1.29 is 4.74 Å². The van der Waals surface area contributed by atoms with Gasteiger partial charge in [-0.15, -0.1) is 0 Å². The Labute approximate surface area is 87.6 Å². The molecule has 3 heteroatoms. The monoisotopic (exact) mass is 200 g/mol. The molecule has 1 rings (SSSR count). The van der Waals surface area contributed by atoms with E-state index in [-0.39, 0.29) is 0 Å². The van der Waals surface area contributed by atoms with Crippen molar-refractivity contribution >= 4 is 0 Å². The molecule has 0 saturated carbocycles. The molecule has 1 saturated heterocycles. The van der Waals surface area contributed by atoms with E-state index in [1.54, 1.807) is 0 Å². The second-order valence-corrected chi connectivity index (χ2v) is 4.33. The van der Waals surface area contributed by atoms with Gasteiger partial charge in [0, 0.05) is 18.6 Å². The largest absolute Gasteiger partial charge is 0.376 e. The highest BCUT2D eigenvalue weighted by Gasteiger charge is 2.27. The molecule has 84 valence electrons. The van der Waals surface area contributed by atoms with Gasteiger partial charge in [-0.05, 0) is 33.2 Å². The topological polar surface area (TPSA) is 38.5 Å². The molecule has 2 N–H and O–H groups in total. The van der Waals surface area contributed by atoms with Crippen molar-refractivity contribution in [3.8, 4) is 0 Å². The van der Waals surface area contributed by atoms with Crippen LogP contribution in [0.4, 0.5) is 0 Å². The number of hydrogen-bond donors (Lipinski definition) is 1. The molecular weight excluding hydrogens is 176 g/mol. The van der Waals surface area contributed by atoms with Crippen molar-refractivity contribution in [2.24, 2.45) is 5.73 Å². The van der Waals surface area contributed by atoms with Gasteiger partial charge in [0.15, 0.2) is 0 Å². The van der Waals surface area contributed by atoms with E-state index in [0.717, 1.165) is 26.1 Å². The minimum Gasteiger partial charge on any atom is -0.376 e. The summed E-state index contributed by atoms with van der Waals surface area (Å²) in [5.41, 5.74) is 5.63. The Kier molecular flexibility index (Phi) is 4.85. The van der Waals surface area contributed by atoms with E-state index in [1.807, 2.05) is 0 Å². The third-order valence-electron chi connectivity index (χ3n) is 3.10. The summed E-state index contributed by atoms with van der Waals surface area (Å²) in [5.74, 6) is 0. The van der Waals surface area contributed by atoms with E-state index < -0.39 is 0 Å². The van der Waals surface area contributed by atoms with Crippen LogP contribution in [-0.4, -0.2) is 42.8 Å². The maximum atomic E-state index is 5.63. The molecule has 3 atom stereocenters. The summed E-state index contributed by atoms with van der Waals surface area (Å²) in [4.78, 5) is 2.56. The van der Waals surface area contributed by atoms with Crippen LogP contribution < -0.4 is 5.73 Å². The molecule has 0 bridgehead atoms. The fraction of sp³-hybridized carbons (Fsp3) is 1.00. The molecule has 1 fully saturated rings. The summed E-state index contributed by atoms with van der Waals surface area (Å²) in [6, 6.07) is 1.18. The van der Waals surface area contributed by atoms with Gasteiger partial charge in [0.05, 0.1) is 12.7 Å². The van der Waals surface area contributed by atoms with Crippen molar-refractivity contribution in [3.05, 3.63) is 0 Å². The normalized spacial score (nSPS) is 31.7. The standard InChI is InChI=1S/C11H24N2O/c1-4-11(5-6-12)13-7-10(3)14-8-9(13)2/h9-11H,4-8,12H2,1-3H3. The smallest absolute Gasteiger partial charge is 0.0674 e. The first kappa shape index (κ1) is 12.0. The summed E-state index contributed by atoms with van der Waals surface area (Å²) in [5, 5.41) is 0. The van der Waals surface area contributed by atoms with Crippen molar-refractivity contribution in [2.45, 2.75) is 51.8 Å². The zero-order valence-corrected chi connectivity index (χ0v) is 9.70. The maximum Gasteiger partial charge on any atom is 0.0674 e. The van der Waals surface area contributed by atoms with E-state index in [2.05, 4.69) is 25.7 Å². The highest BCUT2D eigenvalue weighted by molar-refractivity contribution is 4.81. The molecule has 3 nitrogen and oxygen atoms in total. The van der Waals surface area contributed by atoms with E-state index in [1.165, 1.54) is 6.42 Å². The van der Waals surface area contributed by atoms with E-state index in [9.17, 15) is 0 Å². The first-order valence-electron chi connectivity index (χ1n) is 5.76. The second-order valence-electron chi connectivity index (χ2n) is 4.33. The lowest BCUT2D eigenvalue weighted by molar-refractivity contribution is -0.0673. The fourth-order valence-corrected chi connectivity index (χ4v) is 2.23. The number of hydrogen-bond acceptors (Lipinski definition) is 3. The van der Waals surface area contributed by atoms with Crippen LogP contribution in [0, 0.1) is 0 Å². The van der Waals surface area contributed by atoms with E-state index >= 15 is 0 Å². The van der Waals surface area contributed by atoms with Gasteiger partial charge in [0.1, 0.15) is 0 Å². The van der Waals surface area contributed by atoms with Gasteiger partial charge in [0.2, 0.25) is 0 Å². The van der Waals surface area contributed by atoms with Gasteiger partial charge in [-0.2, -0.15) is 0 Å². The molecular formula is C11H24N2O. The quantitative estimate of drug-likeness (QED) is 0.741. The average Bonchev–Trinajstić information content (AvgIpc) is 2.18. The summed E-state index contributed by atoms with van der Waals surface area (Å²) < 4.78 is 5.62. The fourth-order valence-electron chi connectivity index (χ4n) is 2.23. The van der Waals surface area contributed by atoms with Crippen molar-refractivity contribution in [1.82, 2.24) is 4.90 Å². The van der Waals surface area contributed by atoms with Crippen molar-refractivity contribution in [2.75, 3.05) is 19.7 Å². The van der Waals surface area contributed by atoms with Gasteiger partial charge in [0.25, 0.3) is 0 Å². The molecule has 0 aliphatic carbocycles. The number of nitrogens with zero attached hydrogens (tertiary/aromatic N) is 1. The second kappa shape index (κ2) is 5.69. The van der Waals surface area contributed by atoms with Crippen LogP contribution in [0.2, 0.25) is 0 Å². The molecule has 0 aromatic carbocycles. The lowest BCUT2D eigenvalue weighted by Gasteiger charge is -2.41. The Morgan fingerprint density at radius 3 is 2.79 bits per heavy atom. The van der Waals surface area contributed by atoms with Crippen LogP contribution >= 0.6 is 0 Å². The molecule has 0 radical (unpaired) electrons. The highest BCUT2D eigenvalue weighted by Crippen LogP contribution is 2.18. The zero-order chi connectivity index (χ0) is 10.6. The number of rotatable bonds is 4. The maximum absolute atomic E-state index is 5.63. The van der Waals surface area contributed by atoms with E-state index in [4.69, 9.17) is 10.5 Å². The van der Waals surface area contributed by atoms with Crippen molar-refractivity contribution in [1.29, 1.82) is 0 Å². The van der Waals surface area contributed by atoms with Crippen molar-refractivity contribution in [3.63, 3.8) is 0 Å². The summed E-state index contributed by atoms with van der Waals surface area (Å²) >= 11 is 0. The van der Waals surface area contributed by atoms with Crippen LogP contribution in [0.15, 0.2) is 0 Å². The molecule has 1 heterocycles. The molecule has 1 aliphatic rings. The van der Waals surface area contributed by atoms with Crippen LogP contribution in [-0.2, 0) is 4.74 Å². The highest BCUT2D eigenvalue weighted by atomic mass is 16.5. The Hall–Kier alpha value is -0.120. The van der Waals surface area contributed by atoms with Gasteiger partial charge in [-0.1, -0.05) is 6.92 Å². The molecule has 14 heavy (non-hydrogen) atoms. The first-order valence-corrected chi connectivity index (χ1v) is 5.76. The first-order chi connectivity index (χ1) is 6.69. The van der Waals surface area contributed by atoms with E-state index in [0.29, 0.717) is 18.2 Å². The van der Waals surface area contributed by atoms with Gasteiger partial charge < -0.3 is 10.5 Å². The minimum atomic E-state index is 0.373. The number of ether oxygens (including phenoxy) is 1. The molecule has 3 unspecified atom stereocenters. The van der Waals surface area contributed by atoms with Gasteiger partial charge in [-0.3, -0.25) is 4.90 Å². The van der Waals surface area contributed by atoms with Crippen LogP contribution in [0.5, 0.6) is 0 Å². The molecule has 0 spiro atoms. The average molecular weight is 200 g/mol. The Morgan fingerprint density at radius 2 is 2.21 bits per heavy atom. The lowest BCUT2D eigenvalue weighted by Crippen LogP contribution is -2.52. The number of morpholine rings is 1. The SMILES string of the molecule is CCC(CCN)N1CC(C)OCC1C. The minimum absolute atomic E-state index is 0.373. The van der Waals surface area contributed by atoms with Crippen LogP contribution in [0.1, 0.15) is 33.6 Å². The van der Waals surface area contributed by atoms with Gasteiger partial charge in [-0.25, -0.2) is 0 Å². The zero-order valence-electron chi connectivity index (χ0n) is 9.70. The predicted octanol–water partition coefficient (Wildman–Crippen LogP) is 1.22. The summed E-state index contributed by atoms with van der Waals surface area (Å²) in [6.07, 6.45) is 2.67. The van der Waals surface area contributed by atoms with Crippen LogP contribution in [0.3, 0.4) is 0 Å². The molecule has 0 aromatic rings. The molecule has 0 aromatic heterocycles. The summed E-state index contributed by atoms with van der Waals surface area (Å²) in [7, 11) is 0. The van der Waals surface area contributed by atoms with Gasteiger partial charge >= 0.3 is 0 Å². The number of nitrogens with two attached hydrogens (primary N) is 1.